The summed E-state index contributed by atoms with van der Waals surface area (Å²) in [7, 11) is 0. The van der Waals surface area contributed by atoms with Crippen LogP contribution >= 0.6 is 11.3 Å². The second-order valence-electron chi connectivity index (χ2n) is 12.3. The maximum atomic E-state index is 5.09. The van der Waals surface area contributed by atoms with Crippen molar-refractivity contribution in [3.8, 4) is 33.4 Å². The van der Waals surface area contributed by atoms with E-state index in [4.69, 9.17) is 9.98 Å². The lowest BCUT2D eigenvalue weighted by Crippen LogP contribution is -2.04. The lowest BCUT2D eigenvalue weighted by molar-refractivity contribution is 1.44. The van der Waals surface area contributed by atoms with Crippen LogP contribution < -0.4 is 0 Å². The van der Waals surface area contributed by atoms with E-state index in [1.165, 1.54) is 48.0 Å². The van der Waals surface area contributed by atoms with Crippen molar-refractivity contribution in [1.82, 2.24) is 0 Å². The monoisotopic (exact) mass is 658 g/mol. The van der Waals surface area contributed by atoms with Gasteiger partial charge in [0.1, 0.15) is 0 Å². The first kappa shape index (κ1) is 31.1. The Morgan fingerprint density at radius 1 is 0.440 bits per heavy atom. The molecule has 2 nitrogen and oxygen atoms in total. The fourth-order valence-electron chi connectivity index (χ4n) is 6.45. The zero-order valence-corrected chi connectivity index (χ0v) is 28.6. The van der Waals surface area contributed by atoms with Crippen molar-refractivity contribution in [3.05, 3.63) is 199 Å². The van der Waals surface area contributed by atoms with E-state index in [-0.39, 0.29) is 0 Å². The zero-order valence-electron chi connectivity index (χ0n) is 27.8. The van der Waals surface area contributed by atoms with E-state index in [1.807, 2.05) is 72.0 Å². The van der Waals surface area contributed by atoms with Crippen LogP contribution in [0.1, 0.15) is 23.6 Å². The molecule has 0 atom stereocenters. The van der Waals surface area contributed by atoms with Gasteiger partial charge in [-0.05, 0) is 57.5 Å². The molecule has 50 heavy (non-hydrogen) atoms. The molecule has 0 radical (unpaired) electrons. The summed E-state index contributed by atoms with van der Waals surface area (Å²) in [6.45, 7) is 6.31. The van der Waals surface area contributed by atoms with Crippen molar-refractivity contribution in [2.45, 2.75) is 6.92 Å². The van der Waals surface area contributed by atoms with E-state index in [9.17, 15) is 0 Å². The number of thiophene rings is 1. The van der Waals surface area contributed by atoms with E-state index < -0.39 is 0 Å². The van der Waals surface area contributed by atoms with Gasteiger partial charge in [-0.1, -0.05) is 176 Å². The van der Waals surface area contributed by atoms with E-state index in [0.29, 0.717) is 11.5 Å². The highest BCUT2D eigenvalue weighted by atomic mass is 32.1. The topological polar surface area (TPSA) is 24.7 Å². The lowest BCUT2D eigenvalue weighted by Gasteiger charge is -2.09. The smallest absolute Gasteiger partial charge is 0.160 e. The van der Waals surface area contributed by atoms with Gasteiger partial charge in [0, 0.05) is 31.4 Å². The van der Waals surface area contributed by atoms with Gasteiger partial charge in [0.25, 0.3) is 0 Å². The molecule has 0 aliphatic rings. The first-order valence-corrected chi connectivity index (χ1v) is 17.6. The summed E-state index contributed by atoms with van der Waals surface area (Å²) in [6.07, 6.45) is 0. The molecule has 0 aliphatic heterocycles. The molecule has 0 bridgehead atoms. The average molecular weight is 659 g/mol. The number of aliphatic imine (C=N–C) groups is 2. The molecule has 8 aromatic rings. The van der Waals surface area contributed by atoms with Crippen molar-refractivity contribution >= 4 is 48.8 Å². The van der Waals surface area contributed by atoms with E-state index >= 15 is 0 Å². The van der Waals surface area contributed by atoms with E-state index in [0.717, 1.165) is 28.0 Å². The average Bonchev–Trinajstić information content (AvgIpc) is 3.58. The van der Waals surface area contributed by atoms with Gasteiger partial charge >= 0.3 is 0 Å². The Morgan fingerprint density at radius 2 is 0.920 bits per heavy atom. The number of nitrogens with zero attached hydrogens (tertiary/aromatic N) is 2. The van der Waals surface area contributed by atoms with Gasteiger partial charge in [-0.3, -0.25) is 0 Å². The molecule has 0 unspecified atom stereocenters. The van der Waals surface area contributed by atoms with E-state index in [2.05, 4.69) is 129 Å². The summed E-state index contributed by atoms with van der Waals surface area (Å²) in [5, 5.41) is 2.56. The minimum Gasteiger partial charge on any atom is -0.233 e. The number of amidine groups is 1. The van der Waals surface area contributed by atoms with Crippen LogP contribution in [0.25, 0.3) is 59.3 Å². The molecule has 3 heteroatoms. The number of benzene rings is 7. The highest BCUT2D eigenvalue weighted by Gasteiger charge is 2.15. The SMILES string of the molecule is C=C(/N=C(\N=C(/C)c1cccc(-c2cccc3c2sc2c(-c4ccc(-c5ccccc5)cc4)cccc23)c1)c1ccccc1)c1ccccc1. The number of rotatable bonds is 7. The molecule has 1 heterocycles. The largest absolute Gasteiger partial charge is 0.233 e. The van der Waals surface area contributed by atoms with Gasteiger partial charge in [-0.25, -0.2) is 9.98 Å². The Labute approximate surface area is 297 Å². The molecule has 238 valence electrons. The summed E-state index contributed by atoms with van der Waals surface area (Å²) in [5.41, 5.74) is 11.9. The summed E-state index contributed by atoms with van der Waals surface area (Å²) < 4.78 is 2.59. The minimum absolute atomic E-state index is 0.637. The van der Waals surface area contributed by atoms with Crippen LogP contribution in [0.5, 0.6) is 0 Å². The highest BCUT2D eigenvalue weighted by molar-refractivity contribution is 7.26. The summed E-state index contributed by atoms with van der Waals surface area (Å²) in [6, 6.07) is 61.7. The third kappa shape index (κ3) is 6.23. The highest BCUT2D eigenvalue weighted by Crippen LogP contribution is 2.44. The maximum absolute atomic E-state index is 5.09. The molecule has 0 fully saturated rings. The van der Waals surface area contributed by atoms with Crippen LogP contribution in [-0.4, -0.2) is 11.5 Å². The molecule has 0 spiro atoms. The quantitative estimate of drug-likeness (QED) is 0.120. The standard InChI is InChI=1S/C47H34N2S/c1-32(34-15-6-3-7-16-34)48-47(38-19-10-5-11-20-38)49-33(2)39-21-12-22-40(31-39)42-24-14-26-44-43-25-13-23-41(45(43)50-46(42)44)37-29-27-36(28-30-37)35-17-8-4-9-18-35/h3-31H,1H2,2H3/b48-47-,49-33+. The van der Waals surface area contributed by atoms with Gasteiger partial charge in [-0.2, -0.15) is 0 Å². The van der Waals surface area contributed by atoms with Crippen molar-refractivity contribution in [2.75, 3.05) is 0 Å². The van der Waals surface area contributed by atoms with Crippen molar-refractivity contribution in [1.29, 1.82) is 0 Å². The molecular formula is C47H34N2S. The number of hydrogen-bond acceptors (Lipinski definition) is 2. The van der Waals surface area contributed by atoms with Gasteiger partial charge in [0.2, 0.25) is 0 Å². The fraction of sp³-hybridized carbons (Fsp3) is 0.0213. The van der Waals surface area contributed by atoms with Gasteiger partial charge in [0.05, 0.1) is 5.70 Å². The predicted octanol–water partition coefficient (Wildman–Crippen LogP) is 13.0. The Hall–Kier alpha value is -6.16. The Balaban J connectivity index is 1.17. The minimum atomic E-state index is 0.637. The Morgan fingerprint density at radius 3 is 1.56 bits per heavy atom. The predicted molar refractivity (Wildman–Crippen MR) is 216 cm³/mol. The van der Waals surface area contributed by atoms with Crippen LogP contribution in [0.2, 0.25) is 0 Å². The van der Waals surface area contributed by atoms with Crippen LogP contribution in [-0.2, 0) is 0 Å². The first-order valence-electron chi connectivity index (χ1n) is 16.8. The van der Waals surface area contributed by atoms with Crippen LogP contribution in [0.15, 0.2) is 192 Å². The molecule has 0 saturated heterocycles. The summed E-state index contributed by atoms with van der Waals surface area (Å²) in [5.74, 6) is 0.637. The number of hydrogen-bond donors (Lipinski definition) is 0. The third-order valence-electron chi connectivity index (χ3n) is 9.07. The normalized spacial score (nSPS) is 12.0. The van der Waals surface area contributed by atoms with Crippen LogP contribution in [0, 0.1) is 0 Å². The second-order valence-corrected chi connectivity index (χ2v) is 13.3. The Kier molecular flexibility index (Phi) is 8.56. The van der Waals surface area contributed by atoms with E-state index in [1.54, 1.807) is 0 Å². The molecular weight excluding hydrogens is 625 g/mol. The van der Waals surface area contributed by atoms with Crippen molar-refractivity contribution in [3.63, 3.8) is 0 Å². The molecule has 1 aromatic heterocycles. The van der Waals surface area contributed by atoms with Gasteiger partial charge in [-0.15, -0.1) is 11.3 Å². The zero-order chi connectivity index (χ0) is 33.9. The lowest BCUT2D eigenvalue weighted by atomic mass is 9.97. The molecule has 0 aliphatic carbocycles. The van der Waals surface area contributed by atoms with Gasteiger partial charge in [0.15, 0.2) is 5.84 Å². The van der Waals surface area contributed by atoms with Crippen LogP contribution in [0.4, 0.5) is 0 Å². The van der Waals surface area contributed by atoms with Crippen LogP contribution in [0.3, 0.4) is 0 Å². The molecule has 8 rings (SSSR count). The third-order valence-corrected chi connectivity index (χ3v) is 10.4. The molecule has 0 N–H and O–H groups in total. The van der Waals surface area contributed by atoms with Gasteiger partial charge < -0.3 is 0 Å². The number of fused-ring (bicyclic) bond motifs is 3. The van der Waals surface area contributed by atoms with Crippen molar-refractivity contribution in [2.24, 2.45) is 9.98 Å². The maximum Gasteiger partial charge on any atom is 0.160 e. The second kappa shape index (κ2) is 13.8. The summed E-state index contributed by atoms with van der Waals surface area (Å²) >= 11 is 1.87. The summed E-state index contributed by atoms with van der Waals surface area (Å²) in [4.78, 5) is 10.0. The fourth-order valence-corrected chi connectivity index (χ4v) is 7.82. The first-order chi connectivity index (χ1) is 24.6. The molecule has 7 aromatic carbocycles. The molecule has 0 saturated carbocycles. The molecule has 0 amide bonds. The van der Waals surface area contributed by atoms with Crippen molar-refractivity contribution < 1.29 is 0 Å². The Bertz CT molecular complexity index is 2530.